The fourth-order valence-electron chi connectivity index (χ4n) is 1.89. The lowest BCUT2D eigenvalue weighted by Gasteiger charge is -2.06. The monoisotopic (exact) mass is 275 g/mol. The van der Waals surface area contributed by atoms with Crippen molar-refractivity contribution in [2.45, 2.75) is 13.3 Å². The first-order valence-corrected chi connectivity index (χ1v) is 5.98. The van der Waals surface area contributed by atoms with Crippen molar-refractivity contribution in [3.05, 3.63) is 56.0 Å². The van der Waals surface area contributed by atoms with Crippen LogP contribution in [0.3, 0.4) is 0 Å². The first-order chi connectivity index (χ1) is 9.52. The molecule has 0 bridgehead atoms. The van der Waals surface area contributed by atoms with Gasteiger partial charge in [0, 0.05) is 42.0 Å². The van der Waals surface area contributed by atoms with E-state index in [9.17, 15) is 14.9 Å². The quantitative estimate of drug-likeness (QED) is 0.643. The zero-order chi connectivity index (χ0) is 14.7. The van der Waals surface area contributed by atoms with E-state index >= 15 is 0 Å². The number of H-pyrrole nitrogens is 1. The topological polar surface area (TPSA) is 109 Å². The van der Waals surface area contributed by atoms with Crippen LogP contribution < -0.4 is 5.56 Å². The lowest BCUT2D eigenvalue weighted by molar-refractivity contribution is -0.384. The van der Waals surface area contributed by atoms with E-state index in [0.717, 1.165) is 0 Å². The molecule has 0 spiro atoms. The molecule has 0 saturated heterocycles. The molecule has 104 valence electrons. The molecule has 2 aromatic rings. The highest BCUT2D eigenvalue weighted by atomic mass is 16.6. The molecule has 1 heterocycles. The van der Waals surface area contributed by atoms with Gasteiger partial charge in [0.25, 0.3) is 11.2 Å². The fourth-order valence-corrected chi connectivity index (χ4v) is 1.89. The Morgan fingerprint density at radius 3 is 2.50 bits per heavy atom. The molecule has 2 rings (SSSR count). The van der Waals surface area contributed by atoms with Crippen molar-refractivity contribution in [1.82, 2.24) is 9.97 Å². The number of nitrogens with one attached hydrogen (secondary N) is 1. The summed E-state index contributed by atoms with van der Waals surface area (Å²) < 4.78 is 0. The van der Waals surface area contributed by atoms with Gasteiger partial charge in [-0.25, -0.2) is 4.98 Å². The van der Waals surface area contributed by atoms with Crippen LogP contribution in [0.5, 0.6) is 0 Å². The number of nitro groups is 1. The van der Waals surface area contributed by atoms with Crippen LogP contribution in [0.2, 0.25) is 0 Å². The average Bonchev–Trinajstić information content (AvgIpc) is 2.42. The SMILES string of the molecule is Cc1nc(-c2ccc([N+](=O)[O-])cc2)[nH]c(=O)c1CCO. The van der Waals surface area contributed by atoms with Crippen molar-refractivity contribution < 1.29 is 10.0 Å². The van der Waals surface area contributed by atoms with E-state index < -0.39 is 4.92 Å². The van der Waals surface area contributed by atoms with Crippen LogP contribution in [-0.2, 0) is 6.42 Å². The summed E-state index contributed by atoms with van der Waals surface area (Å²) in [5.74, 6) is 0.351. The van der Waals surface area contributed by atoms with Crippen LogP contribution in [0.1, 0.15) is 11.3 Å². The lowest BCUT2D eigenvalue weighted by atomic mass is 10.1. The normalized spacial score (nSPS) is 10.5. The zero-order valence-electron chi connectivity index (χ0n) is 10.8. The Morgan fingerprint density at radius 1 is 1.35 bits per heavy atom. The number of aliphatic hydroxyl groups is 1. The number of aromatic nitrogens is 2. The number of nitro benzene ring substituents is 1. The van der Waals surface area contributed by atoms with E-state index in [1.54, 1.807) is 6.92 Å². The van der Waals surface area contributed by atoms with Gasteiger partial charge in [-0.05, 0) is 19.1 Å². The fraction of sp³-hybridized carbons (Fsp3) is 0.231. The second-order valence-corrected chi connectivity index (χ2v) is 4.26. The summed E-state index contributed by atoms with van der Waals surface area (Å²) in [6.07, 6.45) is 0.245. The van der Waals surface area contributed by atoms with E-state index in [2.05, 4.69) is 9.97 Å². The first kappa shape index (κ1) is 13.9. The molecular formula is C13H13N3O4. The summed E-state index contributed by atoms with van der Waals surface area (Å²) in [4.78, 5) is 28.9. The van der Waals surface area contributed by atoms with Crippen molar-refractivity contribution in [1.29, 1.82) is 0 Å². The van der Waals surface area contributed by atoms with Gasteiger partial charge in [0.1, 0.15) is 5.82 Å². The number of aryl methyl sites for hydroxylation is 1. The van der Waals surface area contributed by atoms with Gasteiger partial charge >= 0.3 is 0 Å². The maximum absolute atomic E-state index is 11.9. The molecule has 0 atom stereocenters. The second kappa shape index (κ2) is 5.62. The predicted molar refractivity (Wildman–Crippen MR) is 72.5 cm³/mol. The van der Waals surface area contributed by atoms with E-state index in [4.69, 9.17) is 5.11 Å². The minimum atomic E-state index is -0.491. The summed E-state index contributed by atoms with van der Waals surface area (Å²) >= 11 is 0. The van der Waals surface area contributed by atoms with Gasteiger partial charge in [0.05, 0.1) is 4.92 Å². The highest BCUT2D eigenvalue weighted by Gasteiger charge is 2.10. The summed E-state index contributed by atoms with van der Waals surface area (Å²) in [7, 11) is 0. The smallest absolute Gasteiger partial charge is 0.269 e. The third-order valence-corrected chi connectivity index (χ3v) is 2.94. The Morgan fingerprint density at radius 2 is 2.00 bits per heavy atom. The van der Waals surface area contributed by atoms with Crippen LogP contribution >= 0.6 is 0 Å². The summed E-state index contributed by atoms with van der Waals surface area (Å²) in [6, 6.07) is 5.77. The number of rotatable bonds is 4. The van der Waals surface area contributed by atoms with Crippen LogP contribution in [0.25, 0.3) is 11.4 Å². The van der Waals surface area contributed by atoms with Gasteiger partial charge in [0.2, 0.25) is 0 Å². The van der Waals surface area contributed by atoms with Gasteiger partial charge < -0.3 is 10.1 Å². The van der Waals surface area contributed by atoms with Gasteiger partial charge in [-0.1, -0.05) is 0 Å². The number of hydrogen-bond acceptors (Lipinski definition) is 5. The number of aliphatic hydroxyl groups excluding tert-OH is 1. The molecule has 2 N–H and O–H groups in total. The average molecular weight is 275 g/mol. The molecule has 20 heavy (non-hydrogen) atoms. The van der Waals surface area contributed by atoms with E-state index in [-0.39, 0.29) is 24.3 Å². The third-order valence-electron chi connectivity index (χ3n) is 2.94. The third kappa shape index (κ3) is 2.72. The molecule has 0 saturated carbocycles. The molecule has 0 fully saturated rings. The Balaban J connectivity index is 2.43. The highest BCUT2D eigenvalue weighted by Crippen LogP contribution is 2.19. The predicted octanol–water partition coefficient (Wildman–Crippen LogP) is 1.19. The highest BCUT2D eigenvalue weighted by molar-refractivity contribution is 5.57. The molecule has 0 aliphatic rings. The van der Waals surface area contributed by atoms with Crippen LogP contribution in [0, 0.1) is 17.0 Å². The van der Waals surface area contributed by atoms with Gasteiger partial charge in [-0.2, -0.15) is 0 Å². The number of benzene rings is 1. The van der Waals surface area contributed by atoms with Crippen molar-refractivity contribution in [2.75, 3.05) is 6.61 Å². The number of non-ortho nitro benzene ring substituents is 1. The van der Waals surface area contributed by atoms with Crippen LogP contribution in [0.4, 0.5) is 5.69 Å². The Kier molecular flexibility index (Phi) is 3.90. The Hall–Kier alpha value is -2.54. The van der Waals surface area contributed by atoms with Crippen LogP contribution in [0.15, 0.2) is 29.1 Å². The molecular weight excluding hydrogens is 262 g/mol. The molecule has 0 amide bonds. The van der Waals surface area contributed by atoms with E-state index in [0.29, 0.717) is 22.6 Å². The molecule has 0 unspecified atom stereocenters. The maximum Gasteiger partial charge on any atom is 0.269 e. The molecule has 0 aliphatic heterocycles. The minimum absolute atomic E-state index is 0.0234. The largest absolute Gasteiger partial charge is 0.396 e. The van der Waals surface area contributed by atoms with Gasteiger partial charge in [0.15, 0.2) is 0 Å². The standard InChI is InChI=1S/C13H13N3O4/c1-8-11(6-7-17)13(18)15-12(14-8)9-2-4-10(5-3-9)16(19)20/h2-5,17H,6-7H2,1H3,(H,14,15,18). The number of nitrogens with zero attached hydrogens (tertiary/aromatic N) is 2. The maximum atomic E-state index is 11.9. The molecule has 1 aromatic heterocycles. The summed E-state index contributed by atoms with van der Waals surface area (Å²) in [5, 5.41) is 19.5. The molecule has 7 nitrogen and oxygen atoms in total. The number of hydrogen-bond donors (Lipinski definition) is 2. The first-order valence-electron chi connectivity index (χ1n) is 5.98. The lowest BCUT2D eigenvalue weighted by Crippen LogP contribution is -2.18. The molecule has 0 radical (unpaired) electrons. The van der Waals surface area contributed by atoms with Gasteiger partial charge in [-0.3, -0.25) is 14.9 Å². The van der Waals surface area contributed by atoms with Crippen molar-refractivity contribution in [3.8, 4) is 11.4 Å². The van der Waals surface area contributed by atoms with Crippen molar-refractivity contribution in [3.63, 3.8) is 0 Å². The van der Waals surface area contributed by atoms with E-state index in [1.165, 1.54) is 24.3 Å². The second-order valence-electron chi connectivity index (χ2n) is 4.26. The molecule has 1 aromatic carbocycles. The zero-order valence-corrected chi connectivity index (χ0v) is 10.8. The molecule has 0 aliphatic carbocycles. The van der Waals surface area contributed by atoms with Crippen LogP contribution in [-0.4, -0.2) is 26.6 Å². The Labute approximate surface area is 114 Å². The van der Waals surface area contributed by atoms with E-state index in [1.807, 2.05) is 0 Å². The summed E-state index contributed by atoms with van der Waals surface area (Å²) in [6.45, 7) is 1.57. The summed E-state index contributed by atoms with van der Waals surface area (Å²) in [5.41, 5.74) is 1.24. The minimum Gasteiger partial charge on any atom is -0.396 e. The number of aromatic amines is 1. The molecule has 7 heteroatoms. The van der Waals surface area contributed by atoms with Crippen molar-refractivity contribution in [2.24, 2.45) is 0 Å². The van der Waals surface area contributed by atoms with Crippen molar-refractivity contribution >= 4 is 5.69 Å². The van der Waals surface area contributed by atoms with Gasteiger partial charge in [-0.15, -0.1) is 0 Å². The Bertz CT molecular complexity index is 692.